The highest BCUT2D eigenvalue weighted by atomic mass is 31.2. The van der Waals surface area contributed by atoms with Crippen molar-refractivity contribution in [1.29, 1.82) is 5.26 Å². The maximum Gasteiger partial charge on any atom is 0.524 e. The summed E-state index contributed by atoms with van der Waals surface area (Å²) in [6.45, 7) is 12.6. The summed E-state index contributed by atoms with van der Waals surface area (Å²) < 4.78 is 35.3. The molecule has 52 heavy (non-hydrogen) atoms. The average molecular weight is 745 g/mol. The van der Waals surface area contributed by atoms with Crippen LogP contribution in [-0.2, 0) is 26.1 Å². The molecule has 2 saturated carbocycles. The number of β-amino-alcohol motifs (C(OH)–C–C–N with tert-alkyl or cyclic N) is 1. The molecule has 1 atom stereocenters. The summed E-state index contributed by atoms with van der Waals surface area (Å²) >= 11 is 0. The predicted octanol–water partition coefficient (Wildman–Crippen LogP) is 6.46. The van der Waals surface area contributed by atoms with E-state index in [-0.39, 0.29) is 42.4 Å². The number of likely N-dealkylation sites (N-methyl/N-ethyl adjacent to an activating group) is 1. The minimum Gasteiger partial charge on any atom is -0.493 e. The minimum absolute atomic E-state index is 0.0132. The first kappa shape index (κ1) is 41.6. The first-order valence-electron chi connectivity index (χ1n) is 18.6. The number of phosphoric acid groups is 1. The van der Waals surface area contributed by atoms with Crippen molar-refractivity contribution >= 4 is 13.8 Å². The van der Waals surface area contributed by atoms with Crippen LogP contribution in [0, 0.1) is 17.2 Å². The van der Waals surface area contributed by atoms with Crippen LogP contribution >= 0.6 is 7.82 Å². The highest BCUT2D eigenvalue weighted by Crippen LogP contribution is 2.45. The van der Waals surface area contributed by atoms with Crippen molar-refractivity contribution in [2.45, 2.75) is 116 Å². The molecule has 0 spiro atoms. The highest BCUT2D eigenvalue weighted by Gasteiger charge is 2.40. The number of carbonyl (C=O) groups is 1. The van der Waals surface area contributed by atoms with Crippen LogP contribution in [0.3, 0.4) is 0 Å². The molecule has 1 unspecified atom stereocenters. The van der Waals surface area contributed by atoms with Gasteiger partial charge in [-0.25, -0.2) is 4.57 Å². The molecule has 0 radical (unpaired) electrons. The first-order valence-corrected chi connectivity index (χ1v) is 20.2. The van der Waals surface area contributed by atoms with Gasteiger partial charge in [-0.3, -0.25) is 14.6 Å². The third kappa shape index (κ3) is 11.2. The molecule has 0 saturated heterocycles. The van der Waals surface area contributed by atoms with Crippen LogP contribution in [0.5, 0.6) is 17.2 Å². The number of phosphoric ester groups is 1. The topological polar surface area (TPSA) is 168 Å². The summed E-state index contributed by atoms with van der Waals surface area (Å²) in [6.07, 6.45) is 5.68. The zero-order valence-electron chi connectivity index (χ0n) is 31.7. The molecule has 13 heteroatoms. The number of rotatable bonds is 17. The summed E-state index contributed by atoms with van der Waals surface area (Å²) in [6, 6.07) is 13.3. The SMILES string of the molecule is CC[N+](CC)(CCOC(=O)C1CCC(C#N)(c2ccc(OC)c(OC3CCCC3)c2)CC1)Cc1ccc(C(O)CNC(C)(C)C)cc1OP(=O)(O)O. The zero-order chi connectivity index (χ0) is 38.2. The molecule has 12 nitrogen and oxygen atoms in total. The van der Waals surface area contributed by atoms with Crippen molar-refractivity contribution < 1.29 is 47.5 Å². The third-order valence-electron chi connectivity index (χ3n) is 10.9. The molecule has 2 aliphatic rings. The number of ether oxygens (including phenoxy) is 3. The second-order valence-electron chi connectivity index (χ2n) is 15.5. The van der Waals surface area contributed by atoms with E-state index < -0.39 is 19.3 Å². The van der Waals surface area contributed by atoms with Gasteiger partial charge in [-0.05, 0) is 121 Å². The van der Waals surface area contributed by atoms with Gasteiger partial charge in [-0.1, -0.05) is 12.1 Å². The van der Waals surface area contributed by atoms with Gasteiger partial charge in [-0.2, -0.15) is 5.26 Å². The highest BCUT2D eigenvalue weighted by molar-refractivity contribution is 7.46. The van der Waals surface area contributed by atoms with Crippen LogP contribution in [0.4, 0.5) is 0 Å². The van der Waals surface area contributed by atoms with Gasteiger partial charge < -0.3 is 33.6 Å². The second-order valence-corrected chi connectivity index (χ2v) is 16.6. The van der Waals surface area contributed by atoms with Gasteiger partial charge in [0.2, 0.25) is 0 Å². The number of nitrogens with one attached hydrogen (secondary N) is 1. The van der Waals surface area contributed by atoms with E-state index >= 15 is 0 Å². The Balaban J connectivity index is 1.39. The summed E-state index contributed by atoms with van der Waals surface area (Å²) in [4.78, 5) is 32.7. The summed E-state index contributed by atoms with van der Waals surface area (Å²) in [7, 11) is -3.27. The van der Waals surface area contributed by atoms with Crippen molar-refractivity contribution in [3.05, 3.63) is 53.1 Å². The number of nitrogens with zero attached hydrogens (tertiary/aromatic N) is 2. The standard InChI is InChI=1S/C39H58N3O9P/c1-7-42(8-2,26-30-14-13-29(23-35(30)51-52(45,46)47)33(43)25-41-38(3,4)5)21-22-49-37(44)28-17-19-39(27-40,20-18-28)31-15-16-34(48-6)36(24-31)50-32-11-9-10-12-32/h13-16,23-24,28,32-33,41,43H,7-12,17-22,25-26H2,1-6H3,(H-,45,46,47)/p+1. The lowest BCUT2D eigenvalue weighted by atomic mass is 9.67. The fourth-order valence-corrected chi connectivity index (χ4v) is 7.79. The molecule has 0 heterocycles. The van der Waals surface area contributed by atoms with Crippen molar-refractivity contribution in [2.24, 2.45) is 5.92 Å². The van der Waals surface area contributed by atoms with Crippen molar-refractivity contribution in [3.8, 4) is 23.3 Å². The summed E-state index contributed by atoms with van der Waals surface area (Å²) in [5.74, 6) is 0.747. The van der Waals surface area contributed by atoms with Gasteiger partial charge in [0.25, 0.3) is 0 Å². The van der Waals surface area contributed by atoms with Crippen LogP contribution in [0.1, 0.15) is 109 Å². The van der Waals surface area contributed by atoms with Crippen LogP contribution in [-0.4, -0.2) is 76.9 Å². The number of carbonyl (C=O) groups excluding carboxylic acids is 1. The number of aliphatic hydroxyl groups is 1. The Morgan fingerprint density at radius 2 is 1.71 bits per heavy atom. The largest absolute Gasteiger partial charge is 0.524 e. The molecular formula is C39H59N3O9P+. The molecule has 0 aromatic heterocycles. The Kier molecular flexibility index (Phi) is 14.2. The molecule has 2 aromatic rings. The Hall–Kier alpha value is -3.17. The maximum absolute atomic E-state index is 13.3. The normalized spacial score (nSPS) is 20.6. The van der Waals surface area contributed by atoms with Crippen molar-refractivity contribution in [1.82, 2.24) is 5.32 Å². The van der Waals surface area contributed by atoms with E-state index in [1.54, 1.807) is 19.2 Å². The van der Waals surface area contributed by atoms with Gasteiger partial charge in [0.1, 0.15) is 25.4 Å². The van der Waals surface area contributed by atoms with Gasteiger partial charge in [0.15, 0.2) is 11.5 Å². The summed E-state index contributed by atoms with van der Waals surface area (Å²) in [5, 5.41) is 24.4. The van der Waals surface area contributed by atoms with Crippen molar-refractivity contribution in [2.75, 3.05) is 39.9 Å². The van der Waals surface area contributed by atoms with E-state index in [1.807, 2.05) is 52.8 Å². The molecule has 0 amide bonds. The molecule has 288 valence electrons. The van der Waals surface area contributed by atoms with E-state index in [4.69, 9.17) is 18.7 Å². The molecule has 0 bridgehead atoms. The maximum atomic E-state index is 13.3. The quantitative estimate of drug-likeness (QED) is 0.0797. The van der Waals surface area contributed by atoms with E-state index in [2.05, 4.69) is 11.4 Å². The van der Waals surface area contributed by atoms with Crippen LogP contribution in [0.15, 0.2) is 36.4 Å². The molecule has 2 fully saturated rings. The smallest absolute Gasteiger partial charge is 0.493 e. The number of hydrogen-bond donors (Lipinski definition) is 4. The van der Waals surface area contributed by atoms with Crippen molar-refractivity contribution in [3.63, 3.8) is 0 Å². The van der Waals surface area contributed by atoms with E-state index in [1.165, 1.54) is 6.07 Å². The monoisotopic (exact) mass is 744 g/mol. The number of quaternary nitrogens is 1. The number of methoxy groups -OCH3 is 1. The van der Waals surface area contributed by atoms with E-state index in [0.717, 1.165) is 31.2 Å². The molecule has 4 N–H and O–H groups in total. The zero-order valence-corrected chi connectivity index (χ0v) is 32.6. The molecule has 4 rings (SSSR count). The van der Waals surface area contributed by atoms with Gasteiger partial charge in [0, 0.05) is 17.6 Å². The number of esters is 1. The van der Waals surface area contributed by atoms with E-state index in [9.17, 15) is 29.5 Å². The van der Waals surface area contributed by atoms with E-state index in [0.29, 0.717) is 79.0 Å². The molecular weight excluding hydrogens is 685 g/mol. The predicted molar refractivity (Wildman–Crippen MR) is 198 cm³/mol. The van der Waals surface area contributed by atoms with Gasteiger partial charge >= 0.3 is 13.8 Å². The fourth-order valence-electron chi connectivity index (χ4n) is 7.37. The van der Waals surface area contributed by atoms with Crippen LogP contribution in [0.25, 0.3) is 0 Å². The molecule has 0 aliphatic heterocycles. The number of nitriles is 1. The number of aliphatic hydroxyl groups excluding tert-OH is 1. The van der Waals surface area contributed by atoms with Gasteiger partial charge in [-0.15, -0.1) is 0 Å². The van der Waals surface area contributed by atoms with Crippen LogP contribution in [0.2, 0.25) is 0 Å². The fraction of sp³-hybridized carbons (Fsp3) is 0.641. The lowest BCUT2D eigenvalue weighted by Crippen LogP contribution is -2.49. The Morgan fingerprint density at radius 1 is 1.04 bits per heavy atom. The Bertz CT molecular complexity index is 1580. The Morgan fingerprint density at radius 3 is 2.29 bits per heavy atom. The molecule has 2 aliphatic carbocycles. The van der Waals surface area contributed by atoms with Gasteiger partial charge in [0.05, 0.1) is 49.8 Å². The van der Waals surface area contributed by atoms with Crippen LogP contribution < -0.4 is 19.3 Å². The average Bonchev–Trinajstić information content (AvgIpc) is 3.63. The molecule has 2 aromatic carbocycles. The second kappa shape index (κ2) is 17.8. The third-order valence-corrected chi connectivity index (χ3v) is 11.3. The number of hydrogen-bond acceptors (Lipinski definition) is 9. The minimum atomic E-state index is -4.89. The lowest BCUT2D eigenvalue weighted by molar-refractivity contribution is -0.937. The Labute approximate surface area is 309 Å². The lowest BCUT2D eigenvalue weighted by Gasteiger charge is -2.37. The number of benzene rings is 2. The first-order chi connectivity index (χ1) is 24.5. The summed E-state index contributed by atoms with van der Waals surface area (Å²) in [5.41, 5.74) is 0.984.